The molecule has 8 nitrogen and oxygen atoms in total. The van der Waals surface area contributed by atoms with E-state index in [1.165, 1.54) is 4.90 Å². The fourth-order valence-electron chi connectivity index (χ4n) is 3.26. The molecule has 2 heterocycles. The van der Waals surface area contributed by atoms with Gasteiger partial charge in [0.25, 0.3) is 5.56 Å². The van der Waals surface area contributed by atoms with Gasteiger partial charge in [-0.05, 0) is 31.4 Å². The summed E-state index contributed by atoms with van der Waals surface area (Å²) < 4.78 is 1.08. The molecule has 0 bridgehead atoms. The predicted octanol–water partition coefficient (Wildman–Crippen LogP) is 0.546. The van der Waals surface area contributed by atoms with Gasteiger partial charge in [0.1, 0.15) is 6.04 Å². The number of amides is 1. The van der Waals surface area contributed by atoms with Crippen molar-refractivity contribution in [2.24, 2.45) is 0 Å². The highest BCUT2D eigenvalue weighted by molar-refractivity contribution is 5.84. The summed E-state index contributed by atoms with van der Waals surface area (Å²) in [6.07, 6.45) is 1.53. The first-order valence-corrected chi connectivity index (χ1v) is 8.23. The van der Waals surface area contributed by atoms with Crippen LogP contribution in [0.25, 0.3) is 10.9 Å². The molecule has 1 aromatic heterocycles. The minimum atomic E-state index is -0.993. The maximum absolute atomic E-state index is 12.4. The summed E-state index contributed by atoms with van der Waals surface area (Å²) in [4.78, 5) is 51.8. The number of carbonyl (C=O) groups is 2. The number of likely N-dealkylation sites (tertiary alicyclic amines) is 1. The SMILES string of the molecule is O=C(O)C1CCCN1C(=O)CCCn1c(=O)[nH]c2ccccc2c1=O. The third-order valence-corrected chi connectivity index (χ3v) is 4.52. The average molecular weight is 345 g/mol. The molecule has 132 valence electrons. The van der Waals surface area contributed by atoms with E-state index in [0.717, 1.165) is 4.57 Å². The first-order valence-electron chi connectivity index (χ1n) is 8.23. The van der Waals surface area contributed by atoms with Crippen LogP contribution in [0.15, 0.2) is 33.9 Å². The summed E-state index contributed by atoms with van der Waals surface area (Å²) in [5.41, 5.74) is -0.427. The van der Waals surface area contributed by atoms with Crippen molar-refractivity contribution in [2.75, 3.05) is 6.54 Å². The Balaban J connectivity index is 1.69. The molecule has 2 aromatic rings. The van der Waals surface area contributed by atoms with Crippen molar-refractivity contribution in [2.45, 2.75) is 38.3 Å². The Morgan fingerprint density at radius 3 is 2.76 bits per heavy atom. The fraction of sp³-hybridized carbons (Fsp3) is 0.412. The zero-order valence-electron chi connectivity index (χ0n) is 13.6. The number of aromatic amines is 1. The summed E-state index contributed by atoms with van der Waals surface area (Å²) in [5.74, 6) is -1.25. The lowest BCUT2D eigenvalue weighted by Gasteiger charge is -2.21. The first kappa shape index (κ1) is 16.9. The van der Waals surface area contributed by atoms with Gasteiger partial charge in [0.15, 0.2) is 0 Å². The molecular formula is C17H19N3O5. The van der Waals surface area contributed by atoms with Gasteiger partial charge in [0.2, 0.25) is 5.91 Å². The quantitative estimate of drug-likeness (QED) is 0.821. The van der Waals surface area contributed by atoms with Crippen LogP contribution in [0, 0.1) is 0 Å². The van der Waals surface area contributed by atoms with E-state index in [9.17, 15) is 19.2 Å². The van der Waals surface area contributed by atoms with Crippen molar-refractivity contribution in [3.05, 3.63) is 45.1 Å². The Morgan fingerprint density at radius 2 is 2.00 bits per heavy atom. The topological polar surface area (TPSA) is 112 Å². The highest BCUT2D eigenvalue weighted by atomic mass is 16.4. The lowest BCUT2D eigenvalue weighted by molar-refractivity contribution is -0.148. The van der Waals surface area contributed by atoms with Gasteiger partial charge in [-0.3, -0.25) is 14.2 Å². The average Bonchev–Trinajstić information content (AvgIpc) is 3.08. The Hall–Kier alpha value is -2.90. The van der Waals surface area contributed by atoms with Crippen LogP contribution in [0.4, 0.5) is 0 Å². The molecule has 0 saturated carbocycles. The second kappa shape index (κ2) is 6.92. The van der Waals surface area contributed by atoms with E-state index in [1.54, 1.807) is 24.3 Å². The molecule has 1 amide bonds. The maximum Gasteiger partial charge on any atom is 0.328 e. The van der Waals surface area contributed by atoms with Crippen LogP contribution in [-0.4, -0.2) is 44.0 Å². The van der Waals surface area contributed by atoms with Crippen LogP contribution < -0.4 is 11.2 Å². The molecule has 1 atom stereocenters. The first-order chi connectivity index (χ1) is 12.0. The van der Waals surface area contributed by atoms with Crippen molar-refractivity contribution in [3.63, 3.8) is 0 Å². The molecule has 1 aliphatic heterocycles. The largest absolute Gasteiger partial charge is 0.480 e. The van der Waals surface area contributed by atoms with Crippen LogP contribution in [0.5, 0.6) is 0 Å². The molecule has 2 N–H and O–H groups in total. The second-order valence-electron chi connectivity index (χ2n) is 6.12. The summed E-state index contributed by atoms with van der Waals surface area (Å²) in [6, 6.07) is 5.98. The third-order valence-electron chi connectivity index (χ3n) is 4.52. The molecule has 1 aliphatic rings. The van der Waals surface area contributed by atoms with Crippen LogP contribution in [0.1, 0.15) is 25.7 Å². The van der Waals surface area contributed by atoms with Gasteiger partial charge in [0.05, 0.1) is 10.9 Å². The number of aliphatic carboxylic acids is 1. The van der Waals surface area contributed by atoms with Gasteiger partial charge < -0.3 is 15.0 Å². The highest BCUT2D eigenvalue weighted by Crippen LogP contribution is 2.18. The molecule has 1 aromatic carbocycles. The summed E-state index contributed by atoms with van der Waals surface area (Å²) in [5, 5.41) is 9.54. The normalized spacial score (nSPS) is 17.1. The fourth-order valence-corrected chi connectivity index (χ4v) is 3.26. The van der Waals surface area contributed by atoms with E-state index >= 15 is 0 Å². The van der Waals surface area contributed by atoms with E-state index < -0.39 is 23.3 Å². The second-order valence-corrected chi connectivity index (χ2v) is 6.12. The molecule has 0 radical (unpaired) electrons. The van der Waals surface area contributed by atoms with Crippen molar-refractivity contribution < 1.29 is 14.7 Å². The molecule has 8 heteroatoms. The van der Waals surface area contributed by atoms with Gasteiger partial charge >= 0.3 is 11.7 Å². The molecule has 0 aliphatic carbocycles. The van der Waals surface area contributed by atoms with E-state index in [1.807, 2.05) is 0 Å². The smallest absolute Gasteiger partial charge is 0.328 e. The number of carboxylic acids is 1. The highest BCUT2D eigenvalue weighted by Gasteiger charge is 2.33. The zero-order valence-corrected chi connectivity index (χ0v) is 13.6. The zero-order chi connectivity index (χ0) is 18.0. The number of nitrogens with zero attached hydrogens (tertiary/aromatic N) is 2. The minimum absolute atomic E-state index is 0.0997. The summed E-state index contributed by atoms with van der Waals surface area (Å²) >= 11 is 0. The Labute approximate surface area is 142 Å². The molecule has 1 unspecified atom stereocenters. The molecule has 3 rings (SSSR count). The predicted molar refractivity (Wildman–Crippen MR) is 90.4 cm³/mol. The maximum atomic E-state index is 12.4. The van der Waals surface area contributed by atoms with Crippen LogP contribution >= 0.6 is 0 Å². The number of nitrogens with one attached hydrogen (secondary N) is 1. The van der Waals surface area contributed by atoms with Crippen LogP contribution in [0.2, 0.25) is 0 Å². The number of fused-ring (bicyclic) bond motifs is 1. The number of para-hydroxylation sites is 1. The van der Waals surface area contributed by atoms with Gasteiger partial charge in [-0.1, -0.05) is 12.1 Å². The number of aromatic nitrogens is 2. The Morgan fingerprint density at radius 1 is 1.24 bits per heavy atom. The lowest BCUT2D eigenvalue weighted by atomic mass is 10.2. The Bertz CT molecular complexity index is 930. The number of carbonyl (C=O) groups excluding carboxylic acids is 1. The van der Waals surface area contributed by atoms with E-state index in [4.69, 9.17) is 5.11 Å². The summed E-state index contributed by atoms with van der Waals surface area (Å²) in [7, 11) is 0. The minimum Gasteiger partial charge on any atom is -0.480 e. The molecule has 25 heavy (non-hydrogen) atoms. The number of carboxylic acid groups (broad SMARTS) is 1. The van der Waals surface area contributed by atoms with Crippen molar-refractivity contribution in [1.82, 2.24) is 14.5 Å². The third kappa shape index (κ3) is 3.33. The van der Waals surface area contributed by atoms with Gasteiger partial charge in [0, 0.05) is 19.5 Å². The van der Waals surface area contributed by atoms with E-state index in [0.29, 0.717) is 36.7 Å². The van der Waals surface area contributed by atoms with Crippen LogP contribution in [-0.2, 0) is 16.1 Å². The van der Waals surface area contributed by atoms with Gasteiger partial charge in [-0.15, -0.1) is 0 Å². The number of benzene rings is 1. The molecule has 1 saturated heterocycles. The monoisotopic (exact) mass is 345 g/mol. The van der Waals surface area contributed by atoms with Gasteiger partial charge in [-0.2, -0.15) is 0 Å². The van der Waals surface area contributed by atoms with Gasteiger partial charge in [-0.25, -0.2) is 9.59 Å². The summed E-state index contributed by atoms with van der Waals surface area (Å²) in [6.45, 7) is 0.544. The van der Waals surface area contributed by atoms with E-state index in [2.05, 4.69) is 4.98 Å². The van der Waals surface area contributed by atoms with Crippen molar-refractivity contribution in [1.29, 1.82) is 0 Å². The van der Waals surface area contributed by atoms with Crippen molar-refractivity contribution >= 4 is 22.8 Å². The lowest BCUT2D eigenvalue weighted by Crippen LogP contribution is -2.40. The number of rotatable bonds is 5. The molecule has 1 fully saturated rings. The molecular weight excluding hydrogens is 326 g/mol. The van der Waals surface area contributed by atoms with E-state index in [-0.39, 0.29) is 18.9 Å². The standard InChI is InChI=1S/C17H19N3O5/c21-14(19-9-3-7-13(19)16(23)24)8-4-10-20-15(22)11-5-1-2-6-12(11)18-17(20)25/h1-2,5-6,13H,3-4,7-10H2,(H,18,25)(H,23,24). The number of hydrogen-bond donors (Lipinski definition) is 2. The Kier molecular flexibility index (Phi) is 4.69. The number of hydrogen-bond acceptors (Lipinski definition) is 4. The number of H-pyrrole nitrogens is 1. The van der Waals surface area contributed by atoms with Crippen molar-refractivity contribution in [3.8, 4) is 0 Å². The molecule has 0 spiro atoms. The van der Waals surface area contributed by atoms with Crippen LogP contribution in [0.3, 0.4) is 0 Å².